The van der Waals surface area contributed by atoms with Crippen molar-refractivity contribution >= 4 is 34.5 Å². The van der Waals surface area contributed by atoms with Crippen molar-refractivity contribution in [2.75, 3.05) is 50.1 Å². The molecule has 0 spiro atoms. The van der Waals surface area contributed by atoms with Crippen molar-refractivity contribution in [1.29, 1.82) is 0 Å². The number of piperazine rings is 1. The average molecular weight is 475 g/mol. The summed E-state index contributed by atoms with van der Waals surface area (Å²) in [6.45, 7) is 4.26. The van der Waals surface area contributed by atoms with Crippen molar-refractivity contribution in [1.82, 2.24) is 14.9 Å². The number of nitrogens with zero attached hydrogens (tertiary/aromatic N) is 4. The third-order valence-corrected chi connectivity index (χ3v) is 7.24. The monoisotopic (exact) mass is 474 g/mol. The molecule has 3 aromatic rings. The zero-order valence-electron chi connectivity index (χ0n) is 20.3. The number of methoxy groups -OCH3 is 1. The number of nitrogens with two attached hydrogens (primary N) is 1. The zero-order chi connectivity index (χ0) is 24.2. The first-order valence-electron chi connectivity index (χ1n) is 12.5. The normalized spacial score (nSPS) is 18.1. The van der Waals surface area contributed by atoms with Crippen LogP contribution in [0.2, 0.25) is 0 Å². The summed E-state index contributed by atoms with van der Waals surface area (Å²) in [6, 6.07) is 12.1. The van der Waals surface area contributed by atoms with Crippen LogP contribution in [0.3, 0.4) is 0 Å². The van der Waals surface area contributed by atoms with Crippen molar-refractivity contribution in [2.45, 2.75) is 37.6 Å². The van der Waals surface area contributed by atoms with E-state index in [4.69, 9.17) is 15.5 Å². The van der Waals surface area contributed by atoms with Crippen LogP contribution in [0.1, 0.15) is 37.2 Å². The second-order valence-corrected chi connectivity index (χ2v) is 9.55. The van der Waals surface area contributed by atoms with Crippen molar-refractivity contribution in [3.63, 3.8) is 0 Å². The number of ether oxygens (including phenoxy) is 1. The minimum atomic E-state index is -0.403. The molecule has 1 saturated carbocycles. The summed E-state index contributed by atoms with van der Waals surface area (Å²) in [5.41, 5.74) is 10.1. The lowest BCUT2D eigenvalue weighted by molar-refractivity contribution is -0.109. The molecule has 1 aromatic heterocycles. The number of carbonyl (C=O) groups is 1. The predicted molar refractivity (Wildman–Crippen MR) is 140 cm³/mol. The van der Waals surface area contributed by atoms with Gasteiger partial charge in [0.2, 0.25) is 5.95 Å². The number of aldehydes is 1. The highest BCUT2D eigenvalue weighted by Gasteiger charge is 2.24. The van der Waals surface area contributed by atoms with Crippen LogP contribution >= 0.6 is 0 Å². The van der Waals surface area contributed by atoms with Gasteiger partial charge in [0.1, 0.15) is 12.0 Å². The van der Waals surface area contributed by atoms with Crippen molar-refractivity contribution in [2.24, 2.45) is 5.73 Å². The maximum atomic E-state index is 10.8. The Bertz CT molecular complexity index is 1150. The summed E-state index contributed by atoms with van der Waals surface area (Å²) in [6.07, 6.45) is 7.60. The standard InChI is InChI=1S/C27H34N6O2/c1-35-24-11-6-20-16-29-27(31-26(20)25(24)19-4-2-3-5-19)30-22-7-9-23(10-8-22)33-14-12-32(13-15-33)17-21(28)18-34/h6-11,16,18-19,21H,2-5,12-15,17,28H2,1H3,(H,29,30,31). The van der Waals surface area contributed by atoms with Crippen LogP contribution in [0.5, 0.6) is 5.75 Å². The van der Waals surface area contributed by atoms with Gasteiger partial charge in [-0.15, -0.1) is 0 Å². The molecule has 1 atom stereocenters. The van der Waals surface area contributed by atoms with E-state index in [1.165, 1.54) is 36.9 Å². The van der Waals surface area contributed by atoms with Gasteiger partial charge in [-0.1, -0.05) is 12.8 Å². The number of carbonyl (C=O) groups excluding carboxylic acids is 1. The summed E-state index contributed by atoms with van der Waals surface area (Å²) < 4.78 is 5.72. The first-order valence-corrected chi connectivity index (χ1v) is 12.5. The molecule has 8 heteroatoms. The number of aromatic nitrogens is 2. The summed E-state index contributed by atoms with van der Waals surface area (Å²) in [5.74, 6) is 2.01. The Morgan fingerprint density at radius 1 is 1.11 bits per heavy atom. The van der Waals surface area contributed by atoms with E-state index in [1.807, 2.05) is 18.3 Å². The molecule has 184 valence electrons. The number of hydrogen-bond donors (Lipinski definition) is 2. The van der Waals surface area contributed by atoms with Crippen molar-refractivity contribution < 1.29 is 9.53 Å². The number of fused-ring (bicyclic) bond motifs is 1. The molecule has 0 bridgehead atoms. The van der Waals surface area contributed by atoms with Gasteiger partial charge in [0, 0.05) is 61.2 Å². The quantitative estimate of drug-likeness (QED) is 0.477. The number of rotatable bonds is 8. The molecule has 2 aromatic carbocycles. The molecule has 0 amide bonds. The van der Waals surface area contributed by atoms with E-state index in [0.29, 0.717) is 18.4 Å². The number of hydrogen-bond acceptors (Lipinski definition) is 8. The molecular formula is C27H34N6O2. The van der Waals surface area contributed by atoms with E-state index in [-0.39, 0.29) is 0 Å². The molecule has 2 fully saturated rings. The Morgan fingerprint density at radius 3 is 2.54 bits per heavy atom. The fourth-order valence-electron chi connectivity index (χ4n) is 5.36. The molecule has 2 aliphatic rings. The fourth-order valence-corrected chi connectivity index (χ4v) is 5.36. The third kappa shape index (κ3) is 5.23. The van der Waals surface area contributed by atoms with Gasteiger partial charge in [0.25, 0.3) is 0 Å². The average Bonchev–Trinajstić information content (AvgIpc) is 3.43. The molecule has 2 heterocycles. The second-order valence-electron chi connectivity index (χ2n) is 9.55. The summed E-state index contributed by atoms with van der Waals surface area (Å²) >= 11 is 0. The molecule has 3 N–H and O–H groups in total. The number of benzene rings is 2. The molecule has 1 unspecified atom stereocenters. The Kier molecular flexibility index (Phi) is 7.11. The Morgan fingerprint density at radius 2 is 1.86 bits per heavy atom. The number of nitrogens with one attached hydrogen (secondary N) is 1. The molecule has 0 radical (unpaired) electrons. The molecule has 1 saturated heterocycles. The lowest BCUT2D eigenvalue weighted by atomic mass is 9.94. The van der Waals surface area contributed by atoms with Crippen molar-refractivity contribution in [3.8, 4) is 5.75 Å². The highest BCUT2D eigenvalue weighted by atomic mass is 16.5. The van der Waals surface area contributed by atoms with Crippen LogP contribution in [0.4, 0.5) is 17.3 Å². The Labute approximate surface area is 206 Å². The van der Waals surface area contributed by atoms with E-state index < -0.39 is 6.04 Å². The molecule has 5 rings (SSSR count). The van der Waals surface area contributed by atoms with Gasteiger partial charge < -0.3 is 25.5 Å². The zero-order valence-corrected chi connectivity index (χ0v) is 20.3. The molecule has 8 nitrogen and oxygen atoms in total. The minimum absolute atomic E-state index is 0.403. The molecular weight excluding hydrogens is 440 g/mol. The number of anilines is 3. The minimum Gasteiger partial charge on any atom is -0.496 e. The molecule has 1 aliphatic carbocycles. The molecule has 1 aliphatic heterocycles. The largest absolute Gasteiger partial charge is 0.496 e. The summed E-state index contributed by atoms with van der Waals surface area (Å²) in [5, 5.41) is 4.42. The van der Waals surface area contributed by atoms with Crippen LogP contribution in [-0.4, -0.2) is 67.0 Å². The van der Waals surface area contributed by atoms with E-state index >= 15 is 0 Å². The van der Waals surface area contributed by atoms with Gasteiger partial charge >= 0.3 is 0 Å². The van der Waals surface area contributed by atoms with Gasteiger partial charge in [0.05, 0.1) is 18.7 Å². The van der Waals surface area contributed by atoms with E-state index in [9.17, 15) is 4.79 Å². The van der Waals surface area contributed by atoms with Crippen molar-refractivity contribution in [3.05, 3.63) is 48.2 Å². The highest BCUT2D eigenvalue weighted by molar-refractivity contribution is 5.85. The maximum Gasteiger partial charge on any atom is 0.227 e. The van der Waals surface area contributed by atoms with Crippen LogP contribution in [0, 0.1) is 0 Å². The topological polar surface area (TPSA) is 96.6 Å². The third-order valence-electron chi connectivity index (χ3n) is 7.24. The van der Waals surface area contributed by atoms with E-state index in [1.54, 1.807) is 7.11 Å². The van der Waals surface area contributed by atoms with Gasteiger partial charge in [-0.05, 0) is 55.2 Å². The van der Waals surface area contributed by atoms with Crippen LogP contribution < -0.4 is 20.7 Å². The first kappa shape index (κ1) is 23.5. The first-order chi connectivity index (χ1) is 17.1. The van der Waals surface area contributed by atoms with E-state index in [2.05, 4.69) is 44.4 Å². The van der Waals surface area contributed by atoms with Crippen LogP contribution in [-0.2, 0) is 4.79 Å². The van der Waals surface area contributed by atoms with Gasteiger partial charge in [-0.2, -0.15) is 0 Å². The highest BCUT2D eigenvalue weighted by Crippen LogP contribution is 2.42. The van der Waals surface area contributed by atoms with E-state index in [0.717, 1.165) is 54.8 Å². The van der Waals surface area contributed by atoms with Gasteiger partial charge in [-0.3, -0.25) is 4.90 Å². The Balaban J connectivity index is 1.29. The van der Waals surface area contributed by atoms with Gasteiger partial charge in [0.15, 0.2) is 0 Å². The fraction of sp³-hybridized carbons (Fsp3) is 0.444. The lowest BCUT2D eigenvalue weighted by Crippen LogP contribution is -2.50. The second kappa shape index (κ2) is 10.6. The maximum absolute atomic E-state index is 10.8. The Hall–Kier alpha value is -3.23. The molecule has 35 heavy (non-hydrogen) atoms. The summed E-state index contributed by atoms with van der Waals surface area (Å²) in [7, 11) is 1.74. The van der Waals surface area contributed by atoms with Crippen LogP contribution in [0.15, 0.2) is 42.6 Å². The van der Waals surface area contributed by atoms with Gasteiger partial charge in [-0.25, -0.2) is 9.97 Å². The summed E-state index contributed by atoms with van der Waals surface area (Å²) in [4.78, 5) is 24.9. The van der Waals surface area contributed by atoms with Crippen LogP contribution in [0.25, 0.3) is 10.9 Å². The predicted octanol–water partition coefficient (Wildman–Crippen LogP) is 3.69. The SMILES string of the molecule is COc1ccc2cnc(Nc3ccc(N4CCN(CC(N)C=O)CC4)cc3)nc2c1C1CCCC1. The lowest BCUT2D eigenvalue weighted by Gasteiger charge is -2.36. The smallest absolute Gasteiger partial charge is 0.227 e.